The van der Waals surface area contributed by atoms with Crippen LogP contribution in [0.15, 0.2) is 59.9 Å². The summed E-state index contributed by atoms with van der Waals surface area (Å²) in [7, 11) is 0. The summed E-state index contributed by atoms with van der Waals surface area (Å²) in [6.45, 7) is 2.34. The van der Waals surface area contributed by atoms with Crippen molar-refractivity contribution in [3.8, 4) is 22.6 Å². The molecule has 2 amide bonds. The van der Waals surface area contributed by atoms with Gasteiger partial charge in [0.15, 0.2) is 5.82 Å². The molecule has 0 aliphatic carbocycles. The third kappa shape index (κ3) is 3.45. The number of hydrogen-bond acceptors (Lipinski definition) is 5. The van der Waals surface area contributed by atoms with Gasteiger partial charge in [0.25, 0.3) is 0 Å². The molecule has 0 saturated carbocycles. The second-order valence-corrected chi connectivity index (χ2v) is 5.99. The van der Waals surface area contributed by atoms with Crippen LogP contribution < -0.4 is 16.2 Å². The summed E-state index contributed by atoms with van der Waals surface area (Å²) in [4.78, 5) is 39.3. The molecule has 4 heterocycles. The van der Waals surface area contributed by atoms with Gasteiger partial charge in [-0.2, -0.15) is 0 Å². The zero-order chi connectivity index (χ0) is 19.5. The first-order valence-corrected chi connectivity index (χ1v) is 8.68. The summed E-state index contributed by atoms with van der Waals surface area (Å²) in [5.74, 6) is 0.964. The molecule has 0 saturated heterocycles. The van der Waals surface area contributed by atoms with Gasteiger partial charge < -0.3 is 10.3 Å². The highest BCUT2D eigenvalue weighted by atomic mass is 16.2. The maximum absolute atomic E-state index is 11.8. The van der Waals surface area contributed by atoms with Gasteiger partial charge in [-0.15, -0.1) is 0 Å². The number of H-pyrrole nitrogens is 1. The Morgan fingerprint density at radius 3 is 2.82 bits per heavy atom. The van der Waals surface area contributed by atoms with Crippen LogP contribution in [0.5, 0.6) is 0 Å². The summed E-state index contributed by atoms with van der Waals surface area (Å²) in [6, 6.07) is 8.33. The van der Waals surface area contributed by atoms with Gasteiger partial charge >= 0.3 is 6.03 Å². The van der Waals surface area contributed by atoms with E-state index >= 15 is 0 Å². The normalized spacial score (nSPS) is 10.8. The predicted octanol–water partition coefficient (Wildman–Crippen LogP) is 2.29. The molecule has 0 unspecified atom stereocenters. The van der Waals surface area contributed by atoms with E-state index in [4.69, 9.17) is 4.98 Å². The molecular weight excluding hydrogens is 358 g/mol. The number of rotatable bonds is 4. The molecule has 0 bridgehead atoms. The van der Waals surface area contributed by atoms with Gasteiger partial charge in [0.05, 0.1) is 11.9 Å². The van der Waals surface area contributed by atoms with Crippen molar-refractivity contribution in [3.63, 3.8) is 0 Å². The van der Waals surface area contributed by atoms with Crippen LogP contribution in [-0.2, 0) is 0 Å². The number of fused-ring (bicyclic) bond motifs is 1. The number of nitrogens with zero attached hydrogens (tertiary/aromatic N) is 4. The number of nitrogens with one attached hydrogen (secondary N) is 3. The minimum atomic E-state index is -0.336. The highest BCUT2D eigenvalue weighted by Crippen LogP contribution is 2.25. The Labute approximate surface area is 159 Å². The average molecular weight is 375 g/mol. The zero-order valence-corrected chi connectivity index (χ0v) is 15.0. The van der Waals surface area contributed by atoms with Crippen molar-refractivity contribution >= 4 is 17.5 Å². The standard InChI is InChI=1S/C19H17N7O2/c1-2-21-19(28)25-15-11-26-16(24-15)8-14(12-4-3-7-20-9-12)23-18(26)13-5-6-17(27)22-10-13/h3-11H,2H2,1H3,(H,22,27)(H2,21,25,28). The molecule has 9 nitrogen and oxygen atoms in total. The molecule has 0 spiro atoms. The molecule has 28 heavy (non-hydrogen) atoms. The van der Waals surface area contributed by atoms with E-state index in [1.54, 1.807) is 35.3 Å². The second-order valence-electron chi connectivity index (χ2n) is 5.99. The molecule has 4 rings (SSSR count). The lowest BCUT2D eigenvalue weighted by Gasteiger charge is -2.08. The van der Waals surface area contributed by atoms with E-state index in [0.717, 1.165) is 5.56 Å². The monoisotopic (exact) mass is 375 g/mol. The van der Waals surface area contributed by atoms with Gasteiger partial charge in [0.2, 0.25) is 5.56 Å². The molecule has 0 atom stereocenters. The van der Waals surface area contributed by atoms with Crippen molar-refractivity contribution in [2.45, 2.75) is 6.92 Å². The summed E-state index contributed by atoms with van der Waals surface area (Å²) in [5.41, 5.74) is 2.61. The Balaban J connectivity index is 1.88. The Morgan fingerprint density at radius 2 is 2.11 bits per heavy atom. The molecule has 3 N–H and O–H groups in total. The van der Waals surface area contributed by atoms with E-state index in [-0.39, 0.29) is 11.6 Å². The maximum Gasteiger partial charge on any atom is 0.320 e. The Bertz CT molecular complexity index is 1180. The third-order valence-electron chi connectivity index (χ3n) is 4.03. The van der Waals surface area contributed by atoms with Crippen molar-refractivity contribution in [1.29, 1.82) is 0 Å². The number of amides is 2. The van der Waals surface area contributed by atoms with E-state index < -0.39 is 0 Å². The van der Waals surface area contributed by atoms with Crippen LogP contribution in [0.4, 0.5) is 10.6 Å². The number of imidazole rings is 1. The van der Waals surface area contributed by atoms with Gasteiger partial charge in [-0.05, 0) is 25.1 Å². The molecule has 9 heteroatoms. The fourth-order valence-electron chi connectivity index (χ4n) is 2.79. The Kier molecular flexibility index (Phi) is 4.55. The first-order valence-electron chi connectivity index (χ1n) is 8.68. The number of pyridine rings is 2. The summed E-state index contributed by atoms with van der Waals surface area (Å²) in [6.07, 6.45) is 6.68. The van der Waals surface area contributed by atoms with E-state index in [1.165, 1.54) is 6.07 Å². The predicted molar refractivity (Wildman–Crippen MR) is 105 cm³/mol. The molecule has 0 aliphatic rings. The highest BCUT2D eigenvalue weighted by Gasteiger charge is 2.14. The molecule has 0 fully saturated rings. The summed E-state index contributed by atoms with van der Waals surface area (Å²) < 4.78 is 1.76. The van der Waals surface area contributed by atoms with Gasteiger partial charge in [0.1, 0.15) is 11.5 Å². The molecule has 0 radical (unpaired) electrons. The van der Waals surface area contributed by atoms with E-state index in [2.05, 4.69) is 25.6 Å². The van der Waals surface area contributed by atoms with E-state index in [1.807, 2.05) is 25.1 Å². The number of aromatic nitrogens is 5. The lowest BCUT2D eigenvalue weighted by atomic mass is 10.2. The molecule has 4 aromatic rings. The lowest BCUT2D eigenvalue weighted by molar-refractivity contribution is 0.252. The maximum atomic E-state index is 11.8. The number of urea groups is 1. The molecule has 4 aromatic heterocycles. The first kappa shape index (κ1) is 17.4. The van der Waals surface area contributed by atoms with Gasteiger partial charge in [0, 0.05) is 48.4 Å². The first-order chi connectivity index (χ1) is 13.6. The summed E-state index contributed by atoms with van der Waals surface area (Å²) >= 11 is 0. The van der Waals surface area contributed by atoms with Gasteiger partial charge in [-0.25, -0.2) is 14.8 Å². The molecule has 140 valence electrons. The zero-order valence-electron chi connectivity index (χ0n) is 15.0. The number of anilines is 1. The Morgan fingerprint density at radius 1 is 1.21 bits per heavy atom. The number of carbonyl (C=O) groups is 1. The van der Waals surface area contributed by atoms with Crippen LogP contribution in [0.1, 0.15) is 6.92 Å². The fourth-order valence-corrected chi connectivity index (χ4v) is 2.79. The smallest absolute Gasteiger partial charge is 0.320 e. The van der Waals surface area contributed by atoms with E-state index in [0.29, 0.717) is 35.1 Å². The minimum Gasteiger partial charge on any atom is -0.338 e. The molecule has 0 aromatic carbocycles. The quantitative estimate of drug-likeness (QED) is 0.506. The van der Waals surface area contributed by atoms with Crippen molar-refractivity contribution in [1.82, 2.24) is 29.7 Å². The highest BCUT2D eigenvalue weighted by molar-refractivity contribution is 5.88. The number of hydrogen-bond donors (Lipinski definition) is 3. The molecular formula is C19H17N7O2. The van der Waals surface area contributed by atoms with Crippen LogP contribution >= 0.6 is 0 Å². The summed E-state index contributed by atoms with van der Waals surface area (Å²) in [5, 5.41) is 5.36. The number of aromatic amines is 1. The van der Waals surface area contributed by atoms with Crippen molar-refractivity contribution in [2.75, 3.05) is 11.9 Å². The average Bonchev–Trinajstić information content (AvgIpc) is 3.11. The second kappa shape index (κ2) is 7.31. The van der Waals surface area contributed by atoms with Gasteiger partial charge in [-0.3, -0.25) is 19.5 Å². The van der Waals surface area contributed by atoms with Gasteiger partial charge in [-0.1, -0.05) is 0 Å². The third-order valence-corrected chi connectivity index (χ3v) is 4.03. The molecule has 0 aliphatic heterocycles. The topological polar surface area (TPSA) is 117 Å². The van der Waals surface area contributed by atoms with Crippen molar-refractivity contribution in [3.05, 3.63) is 65.5 Å². The largest absolute Gasteiger partial charge is 0.338 e. The SMILES string of the molecule is CCNC(=O)Nc1cn2c(-c3ccc(=O)[nH]c3)nc(-c3cccnc3)cc2n1. The van der Waals surface area contributed by atoms with Crippen LogP contribution in [0.2, 0.25) is 0 Å². The van der Waals surface area contributed by atoms with Crippen molar-refractivity contribution < 1.29 is 4.79 Å². The minimum absolute atomic E-state index is 0.201. The van der Waals surface area contributed by atoms with Crippen molar-refractivity contribution in [2.24, 2.45) is 0 Å². The van der Waals surface area contributed by atoms with Crippen LogP contribution in [-0.4, -0.2) is 36.9 Å². The van der Waals surface area contributed by atoms with Crippen LogP contribution in [0.25, 0.3) is 28.3 Å². The van der Waals surface area contributed by atoms with Crippen LogP contribution in [0.3, 0.4) is 0 Å². The van der Waals surface area contributed by atoms with Crippen LogP contribution in [0, 0.1) is 0 Å². The van der Waals surface area contributed by atoms with E-state index in [9.17, 15) is 9.59 Å². The lowest BCUT2D eigenvalue weighted by Crippen LogP contribution is -2.28. The number of carbonyl (C=O) groups excluding carboxylic acids is 1. The Hall–Kier alpha value is -4.01. The fraction of sp³-hybridized carbons (Fsp3) is 0.105.